The van der Waals surface area contributed by atoms with Crippen molar-refractivity contribution in [2.45, 2.75) is 30.8 Å². The van der Waals surface area contributed by atoms with Crippen LogP contribution < -0.4 is 9.64 Å². The average molecular weight is 537 g/mol. The minimum absolute atomic E-state index is 0.0134. The molecule has 196 valence electrons. The number of sulfonamides is 1. The Bertz CT molecular complexity index is 1510. The molecule has 3 aromatic carbocycles. The molecular formula is C28H25FN2O6S. The summed E-state index contributed by atoms with van der Waals surface area (Å²) in [7, 11) is -4.32. The van der Waals surface area contributed by atoms with Crippen LogP contribution in [0.2, 0.25) is 0 Å². The Kier molecular flexibility index (Phi) is 8.10. The second-order valence-electron chi connectivity index (χ2n) is 8.43. The molecule has 0 aromatic heterocycles. The molecule has 1 heterocycles. The van der Waals surface area contributed by atoms with Crippen LogP contribution in [0.15, 0.2) is 77.7 Å². The zero-order valence-electron chi connectivity index (χ0n) is 20.5. The van der Waals surface area contributed by atoms with Gasteiger partial charge in [0.1, 0.15) is 24.2 Å². The molecule has 1 N–H and O–H groups in total. The van der Waals surface area contributed by atoms with E-state index in [2.05, 4.69) is 11.8 Å². The number of benzene rings is 3. The van der Waals surface area contributed by atoms with E-state index >= 15 is 0 Å². The van der Waals surface area contributed by atoms with Crippen LogP contribution in [0.25, 0.3) is 0 Å². The van der Waals surface area contributed by atoms with Gasteiger partial charge in [0.25, 0.3) is 5.91 Å². The molecule has 0 saturated heterocycles. The fourth-order valence-electron chi connectivity index (χ4n) is 4.11. The number of halogens is 1. The Morgan fingerprint density at radius 1 is 1.05 bits per heavy atom. The van der Waals surface area contributed by atoms with Gasteiger partial charge in [0.15, 0.2) is 0 Å². The quantitative estimate of drug-likeness (QED) is 0.479. The average Bonchev–Trinajstić information content (AvgIpc) is 3.09. The number of nitrogens with zero attached hydrogens (tertiary/aromatic N) is 2. The highest BCUT2D eigenvalue weighted by molar-refractivity contribution is 7.89. The number of fused-ring (bicyclic) bond motifs is 1. The van der Waals surface area contributed by atoms with Crippen molar-refractivity contribution in [2.75, 3.05) is 18.1 Å². The number of carboxylic acid groups (broad SMARTS) is 1. The molecule has 0 radical (unpaired) electrons. The van der Waals surface area contributed by atoms with Gasteiger partial charge in [-0.25, -0.2) is 12.8 Å². The van der Waals surface area contributed by atoms with Crippen LogP contribution in [0.5, 0.6) is 5.75 Å². The maximum absolute atomic E-state index is 13.8. The van der Waals surface area contributed by atoms with Crippen LogP contribution in [0, 0.1) is 17.7 Å². The molecule has 0 fully saturated rings. The van der Waals surface area contributed by atoms with Gasteiger partial charge in [-0.05, 0) is 54.1 Å². The number of carboxylic acids is 1. The summed E-state index contributed by atoms with van der Waals surface area (Å²) in [6.07, 6.45) is 0.690. The maximum atomic E-state index is 13.8. The lowest BCUT2D eigenvalue weighted by Crippen LogP contribution is -2.50. The third-order valence-electron chi connectivity index (χ3n) is 5.96. The number of amides is 1. The first-order valence-electron chi connectivity index (χ1n) is 11.8. The highest BCUT2D eigenvalue weighted by Gasteiger charge is 2.41. The molecule has 3 aromatic rings. The van der Waals surface area contributed by atoms with Crippen molar-refractivity contribution in [2.24, 2.45) is 0 Å². The lowest BCUT2D eigenvalue weighted by molar-refractivity contribution is -0.141. The van der Waals surface area contributed by atoms with Gasteiger partial charge in [-0.2, -0.15) is 4.31 Å². The van der Waals surface area contributed by atoms with E-state index in [1.54, 1.807) is 24.3 Å². The maximum Gasteiger partial charge on any atom is 0.323 e. The number of para-hydroxylation sites is 1. The second-order valence-corrected chi connectivity index (χ2v) is 10.3. The summed E-state index contributed by atoms with van der Waals surface area (Å²) in [5.41, 5.74) is 0.793. The molecule has 1 unspecified atom stereocenters. The van der Waals surface area contributed by atoms with Crippen molar-refractivity contribution < 1.29 is 32.2 Å². The van der Waals surface area contributed by atoms with Crippen LogP contribution in [0.3, 0.4) is 0 Å². The molecule has 1 aliphatic rings. The summed E-state index contributed by atoms with van der Waals surface area (Å²) < 4.78 is 47.6. The van der Waals surface area contributed by atoms with Crippen molar-refractivity contribution >= 4 is 27.6 Å². The summed E-state index contributed by atoms with van der Waals surface area (Å²) in [4.78, 5) is 26.9. The van der Waals surface area contributed by atoms with E-state index in [0.29, 0.717) is 23.4 Å². The van der Waals surface area contributed by atoms with Crippen molar-refractivity contribution in [3.05, 3.63) is 89.7 Å². The molecular weight excluding hydrogens is 511 g/mol. The largest absolute Gasteiger partial charge is 0.481 e. The molecule has 1 aliphatic heterocycles. The van der Waals surface area contributed by atoms with Gasteiger partial charge < -0.3 is 14.7 Å². The van der Waals surface area contributed by atoms with Gasteiger partial charge in [0.2, 0.25) is 10.0 Å². The van der Waals surface area contributed by atoms with E-state index in [1.807, 2.05) is 6.92 Å². The molecule has 10 heteroatoms. The van der Waals surface area contributed by atoms with Gasteiger partial charge in [0.05, 0.1) is 11.4 Å². The number of ether oxygens (including phenoxy) is 1. The molecule has 0 spiro atoms. The number of aliphatic carboxylic acids is 1. The number of anilines is 1. The van der Waals surface area contributed by atoms with Crippen LogP contribution in [-0.4, -0.2) is 48.9 Å². The second kappa shape index (κ2) is 11.5. The zero-order chi connectivity index (χ0) is 27.3. The first kappa shape index (κ1) is 26.9. The molecule has 0 bridgehead atoms. The van der Waals surface area contributed by atoms with Crippen molar-refractivity contribution in [1.82, 2.24) is 4.31 Å². The number of hydrogen-bond donors (Lipinski definition) is 1. The van der Waals surface area contributed by atoms with E-state index in [9.17, 15) is 27.5 Å². The third-order valence-corrected chi connectivity index (χ3v) is 7.83. The topological polar surface area (TPSA) is 104 Å². The predicted molar refractivity (Wildman–Crippen MR) is 139 cm³/mol. The van der Waals surface area contributed by atoms with Crippen LogP contribution in [0.1, 0.15) is 29.3 Å². The number of carbonyl (C=O) groups is 2. The highest BCUT2D eigenvalue weighted by atomic mass is 32.2. The normalized spacial score (nSPS) is 15.5. The summed E-state index contributed by atoms with van der Waals surface area (Å²) in [5.74, 6) is 3.42. The van der Waals surface area contributed by atoms with Gasteiger partial charge in [0, 0.05) is 24.2 Å². The number of rotatable bonds is 6. The van der Waals surface area contributed by atoms with Gasteiger partial charge in [-0.1, -0.05) is 37.1 Å². The first-order chi connectivity index (χ1) is 18.2. The standard InChI is InChI=1S/C28H25FN2O6S/c1-2-3-6-16-37-23-12-14-24(15-13-23)38(35,36)31-18-21-8-4-5-11-25(21)30(19-26(31)28(33)34)27(32)20-9-7-10-22(29)17-20/h4-5,7-15,17,26H,2,16,18-19H2,1H3,(H,33,34). The number of carbonyl (C=O) groups excluding carboxylic acids is 1. The zero-order valence-corrected chi connectivity index (χ0v) is 21.3. The summed E-state index contributed by atoms with van der Waals surface area (Å²) in [6, 6.07) is 15.6. The molecule has 0 saturated carbocycles. The van der Waals surface area contributed by atoms with Crippen molar-refractivity contribution in [1.29, 1.82) is 0 Å². The van der Waals surface area contributed by atoms with E-state index in [0.717, 1.165) is 10.4 Å². The van der Waals surface area contributed by atoms with Crippen LogP contribution in [0.4, 0.5) is 10.1 Å². The summed E-state index contributed by atoms with van der Waals surface area (Å²) >= 11 is 0. The van der Waals surface area contributed by atoms with Gasteiger partial charge in [-0.15, -0.1) is 5.92 Å². The van der Waals surface area contributed by atoms with Crippen molar-refractivity contribution in [3.8, 4) is 17.6 Å². The minimum atomic E-state index is -4.32. The fraction of sp³-hybridized carbons (Fsp3) is 0.214. The smallest absolute Gasteiger partial charge is 0.323 e. The minimum Gasteiger partial charge on any atom is -0.481 e. The number of hydrogen-bond acceptors (Lipinski definition) is 5. The molecule has 1 atom stereocenters. The lowest BCUT2D eigenvalue weighted by atomic mass is 10.1. The van der Waals surface area contributed by atoms with Crippen LogP contribution >= 0.6 is 0 Å². The summed E-state index contributed by atoms with van der Waals surface area (Å²) in [6.45, 7) is 1.31. The third kappa shape index (κ3) is 5.69. The Hall–Kier alpha value is -4.20. The Morgan fingerprint density at radius 2 is 1.79 bits per heavy atom. The van der Waals surface area contributed by atoms with Gasteiger partial charge >= 0.3 is 5.97 Å². The molecule has 8 nitrogen and oxygen atoms in total. The van der Waals surface area contributed by atoms with Gasteiger partial charge in [-0.3, -0.25) is 9.59 Å². The van der Waals surface area contributed by atoms with Crippen LogP contribution in [-0.2, 0) is 21.4 Å². The SMILES string of the molecule is CCC#CCOc1ccc(S(=O)(=O)N2Cc3ccccc3N(C(=O)c3cccc(F)c3)CC2C(=O)O)cc1. The fourth-order valence-corrected chi connectivity index (χ4v) is 5.66. The van der Waals surface area contributed by atoms with E-state index < -0.39 is 40.3 Å². The molecule has 38 heavy (non-hydrogen) atoms. The molecule has 1 amide bonds. The molecule has 4 rings (SSSR count). The van der Waals surface area contributed by atoms with E-state index in [1.165, 1.54) is 47.4 Å². The Balaban J connectivity index is 1.70. The predicted octanol–water partition coefficient (Wildman–Crippen LogP) is 3.92. The van der Waals surface area contributed by atoms with E-state index in [4.69, 9.17) is 4.74 Å². The van der Waals surface area contributed by atoms with E-state index in [-0.39, 0.29) is 23.6 Å². The highest BCUT2D eigenvalue weighted by Crippen LogP contribution is 2.32. The Labute approximate surface area is 220 Å². The van der Waals surface area contributed by atoms with Crippen molar-refractivity contribution in [3.63, 3.8) is 0 Å². The summed E-state index contributed by atoms with van der Waals surface area (Å²) in [5, 5.41) is 10.1. The first-order valence-corrected chi connectivity index (χ1v) is 13.2. The lowest BCUT2D eigenvalue weighted by Gasteiger charge is -2.28. The Morgan fingerprint density at radius 3 is 2.47 bits per heavy atom. The molecule has 0 aliphatic carbocycles. The monoisotopic (exact) mass is 536 g/mol.